The molecule has 0 fully saturated rings. The van der Waals surface area contributed by atoms with Crippen molar-refractivity contribution in [1.82, 2.24) is 9.88 Å². The Labute approximate surface area is 196 Å². The predicted octanol–water partition coefficient (Wildman–Crippen LogP) is 5.73. The van der Waals surface area contributed by atoms with Crippen LogP contribution in [0.1, 0.15) is 17.5 Å². The highest BCUT2D eigenvalue weighted by Crippen LogP contribution is 2.35. The van der Waals surface area contributed by atoms with E-state index in [2.05, 4.69) is 39.5 Å². The quantitative estimate of drug-likeness (QED) is 0.353. The lowest BCUT2D eigenvalue weighted by molar-refractivity contribution is -0.116. The van der Waals surface area contributed by atoms with Crippen molar-refractivity contribution in [3.8, 4) is 23.0 Å². The summed E-state index contributed by atoms with van der Waals surface area (Å²) in [6.45, 7) is 2.56. The van der Waals surface area contributed by atoms with Crippen LogP contribution in [0.5, 0.6) is 0 Å². The Bertz CT molecular complexity index is 1430. The van der Waals surface area contributed by atoms with Gasteiger partial charge < -0.3 is 18.6 Å². The van der Waals surface area contributed by atoms with E-state index in [0.717, 1.165) is 25.1 Å². The molecule has 0 radical (unpaired) electrons. The fourth-order valence-electron chi connectivity index (χ4n) is 4.45. The topological polar surface area (TPSA) is 84.7 Å². The summed E-state index contributed by atoms with van der Waals surface area (Å²) in [5.74, 6) is 1.51. The van der Waals surface area contributed by atoms with E-state index in [0.29, 0.717) is 47.2 Å². The van der Waals surface area contributed by atoms with Gasteiger partial charge in [0, 0.05) is 31.7 Å². The maximum Gasteiger partial charge on any atom is 0.263 e. The van der Waals surface area contributed by atoms with Gasteiger partial charge in [-0.25, -0.2) is 4.98 Å². The number of fused-ring (bicyclic) bond motifs is 2. The van der Waals surface area contributed by atoms with Crippen LogP contribution in [-0.2, 0) is 17.8 Å². The number of carbonyl (C=O) groups excluding carboxylic acids is 1. The Morgan fingerprint density at radius 2 is 1.76 bits per heavy atom. The number of benzene rings is 2. The van der Waals surface area contributed by atoms with Gasteiger partial charge in [-0.05, 0) is 53.9 Å². The van der Waals surface area contributed by atoms with Crippen LogP contribution in [0, 0.1) is 0 Å². The minimum Gasteiger partial charge on any atom is -0.464 e. The summed E-state index contributed by atoms with van der Waals surface area (Å²) in [5.41, 5.74) is 5.31. The van der Waals surface area contributed by atoms with Crippen LogP contribution in [-0.4, -0.2) is 28.9 Å². The number of hydrogen-bond acceptors (Lipinski definition) is 6. The van der Waals surface area contributed by atoms with Crippen LogP contribution in [0.2, 0.25) is 0 Å². The predicted molar refractivity (Wildman–Crippen MR) is 128 cm³/mol. The zero-order valence-electron chi connectivity index (χ0n) is 18.5. The maximum absolute atomic E-state index is 12.8. The van der Waals surface area contributed by atoms with E-state index in [1.807, 2.05) is 24.3 Å². The molecule has 0 saturated carbocycles. The molecular weight excluding hydrogens is 430 g/mol. The first-order valence-electron chi connectivity index (χ1n) is 11.3. The summed E-state index contributed by atoms with van der Waals surface area (Å²) >= 11 is 0. The molecule has 0 spiro atoms. The Hall–Kier alpha value is -4.10. The minimum atomic E-state index is -0.0432. The lowest BCUT2D eigenvalue weighted by Crippen LogP contribution is -2.33. The lowest BCUT2D eigenvalue weighted by Gasteiger charge is -2.28. The van der Waals surface area contributed by atoms with Crippen molar-refractivity contribution in [3.05, 3.63) is 84.3 Å². The van der Waals surface area contributed by atoms with Crippen molar-refractivity contribution in [2.45, 2.75) is 19.4 Å². The van der Waals surface area contributed by atoms with Gasteiger partial charge in [0.15, 0.2) is 11.3 Å². The normalized spacial score (nSPS) is 13.8. The lowest BCUT2D eigenvalue weighted by atomic mass is 10.00. The number of amides is 1. The summed E-state index contributed by atoms with van der Waals surface area (Å²) in [6.07, 6.45) is 4.61. The molecule has 1 N–H and O–H groups in total. The molecule has 1 amide bonds. The van der Waals surface area contributed by atoms with Crippen molar-refractivity contribution < 1.29 is 18.0 Å². The average molecular weight is 453 g/mol. The van der Waals surface area contributed by atoms with E-state index < -0.39 is 0 Å². The zero-order valence-corrected chi connectivity index (χ0v) is 18.5. The fourth-order valence-corrected chi connectivity index (χ4v) is 4.45. The molecule has 0 unspecified atom stereocenters. The number of furan rings is 2. The first-order chi connectivity index (χ1) is 16.7. The largest absolute Gasteiger partial charge is 0.464 e. The molecule has 2 aromatic carbocycles. The highest BCUT2D eigenvalue weighted by molar-refractivity contribution is 5.98. The van der Waals surface area contributed by atoms with Crippen molar-refractivity contribution in [2.24, 2.45) is 0 Å². The van der Waals surface area contributed by atoms with Gasteiger partial charge >= 0.3 is 0 Å². The highest BCUT2D eigenvalue weighted by Gasteiger charge is 2.19. The smallest absolute Gasteiger partial charge is 0.263 e. The SMILES string of the molecule is O=C(CCN1CCc2ccccc2C1)Nc1cc(-c2ccco2)c2oc(-c3ccco3)nc2c1. The number of oxazole rings is 1. The number of rotatable bonds is 6. The number of hydrogen-bond donors (Lipinski definition) is 1. The Morgan fingerprint density at radius 3 is 2.56 bits per heavy atom. The molecule has 1 aliphatic rings. The summed E-state index contributed by atoms with van der Waals surface area (Å²) in [4.78, 5) is 19.7. The van der Waals surface area contributed by atoms with E-state index in [1.54, 1.807) is 24.7 Å². The second-order valence-corrected chi connectivity index (χ2v) is 8.44. The van der Waals surface area contributed by atoms with Crippen LogP contribution in [0.4, 0.5) is 5.69 Å². The van der Waals surface area contributed by atoms with E-state index in [1.165, 1.54) is 11.1 Å². The average Bonchev–Trinajstić information content (AvgIpc) is 3.63. The second-order valence-electron chi connectivity index (χ2n) is 8.44. The highest BCUT2D eigenvalue weighted by atomic mass is 16.4. The third kappa shape index (κ3) is 4.02. The number of aromatic nitrogens is 1. The third-order valence-electron chi connectivity index (χ3n) is 6.16. The minimum absolute atomic E-state index is 0.0432. The maximum atomic E-state index is 12.8. The number of nitrogens with one attached hydrogen (secondary N) is 1. The summed E-state index contributed by atoms with van der Waals surface area (Å²) in [7, 11) is 0. The summed E-state index contributed by atoms with van der Waals surface area (Å²) in [6, 6.07) is 19.4. The molecule has 170 valence electrons. The van der Waals surface area contributed by atoms with Crippen LogP contribution >= 0.6 is 0 Å². The first-order valence-corrected chi connectivity index (χ1v) is 11.3. The Morgan fingerprint density at radius 1 is 0.971 bits per heavy atom. The Kier molecular flexibility index (Phi) is 5.24. The van der Waals surface area contributed by atoms with Crippen molar-refractivity contribution in [1.29, 1.82) is 0 Å². The molecule has 0 saturated heterocycles. The summed E-state index contributed by atoms with van der Waals surface area (Å²) < 4.78 is 17.0. The van der Waals surface area contributed by atoms with Gasteiger partial charge in [0.2, 0.25) is 5.91 Å². The number of nitrogens with zero attached hydrogens (tertiary/aromatic N) is 2. The second kappa shape index (κ2) is 8.68. The molecule has 1 aliphatic heterocycles. The Balaban J connectivity index is 1.21. The molecule has 5 aromatic rings. The van der Waals surface area contributed by atoms with Crippen molar-refractivity contribution in [3.63, 3.8) is 0 Å². The third-order valence-corrected chi connectivity index (χ3v) is 6.16. The molecule has 34 heavy (non-hydrogen) atoms. The van der Waals surface area contributed by atoms with Crippen LogP contribution < -0.4 is 5.32 Å². The van der Waals surface area contributed by atoms with Gasteiger partial charge in [0.1, 0.15) is 11.3 Å². The van der Waals surface area contributed by atoms with Crippen LogP contribution in [0.25, 0.3) is 34.1 Å². The molecular formula is C27H23N3O4. The van der Waals surface area contributed by atoms with Gasteiger partial charge in [-0.15, -0.1) is 0 Å². The van der Waals surface area contributed by atoms with Gasteiger partial charge in [-0.3, -0.25) is 9.69 Å². The monoisotopic (exact) mass is 453 g/mol. The standard InChI is InChI=1S/C27H23N3O4/c31-25(10-12-30-11-9-18-5-1-2-6-19(18)17-30)28-20-15-21(23-7-3-13-32-23)26-22(16-20)29-27(34-26)24-8-4-14-33-24/h1-8,13-16H,9-12,17H2,(H,28,31). The molecule has 7 heteroatoms. The first kappa shape index (κ1) is 20.5. The molecule has 6 rings (SSSR count). The van der Waals surface area contributed by atoms with E-state index in [9.17, 15) is 4.79 Å². The van der Waals surface area contributed by atoms with Crippen molar-refractivity contribution in [2.75, 3.05) is 18.4 Å². The molecule has 4 heterocycles. The number of anilines is 1. The zero-order chi connectivity index (χ0) is 22.9. The summed E-state index contributed by atoms with van der Waals surface area (Å²) in [5, 5.41) is 3.03. The van der Waals surface area contributed by atoms with Gasteiger partial charge in [0.25, 0.3) is 5.89 Å². The van der Waals surface area contributed by atoms with Gasteiger partial charge in [0.05, 0.1) is 18.1 Å². The molecule has 3 aromatic heterocycles. The van der Waals surface area contributed by atoms with Crippen LogP contribution in [0.3, 0.4) is 0 Å². The number of carbonyl (C=O) groups is 1. The molecule has 0 bridgehead atoms. The van der Waals surface area contributed by atoms with Crippen molar-refractivity contribution >= 4 is 22.7 Å². The van der Waals surface area contributed by atoms with Gasteiger partial charge in [-0.1, -0.05) is 24.3 Å². The molecule has 7 nitrogen and oxygen atoms in total. The van der Waals surface area contributed by atoms with E-state index in [-0.39, 0.29) is 5.91 Å². The fraction of sp³-hybridized carbons (Fsp3) is 0.185. The van der Waals surface area contributed by atoms with E-state index in [4.69, 9.17) is 13.3 Å². The molecule has 0 aliphatic carbocycles. The molecule has 0 atom stereocenters. The van der Waals surface area contributed by atoms with Crippen LogP contribution in [0.15, 0.2) is 86.4 Å². The van der Waals surface area contributed by atoms with E-state index >= 15 is 0 Å². The van der Waals surface area contributed by atoms with Gasteiger partial charge in [-0.2, -0.15) is 0 Å².